The van der Waals surface area contributed by atoms with Gasteiger partial charge in [0.1, 0.15) is 5.75 Å². The first-order chi connectivity index (χ1) is 8.74. The zero-order chi connectivity index (χ0) is 13.0. The third-order valence-electron chi connectivity index (χ3n) is 2.77. The van der Waals surface area contributed by atoms with Crippen molar-refractivity contribution < 1.29 is 9.84 Å². The fourth-order valence-electron chi connectivity index (χ4n) is 1.80. The lowest BCUT2D eigenvalue weighted by molar-refractivity contribution is 0.288. The number of nitrogens with zero attached hydrogens (tertiary/aromatic N) is 3. The molecule has 0 atom stereocenters. The summed E-state index contributed by atoms with van der Waals surface area (Å²) in [4.78, 5) is 0. The summed E-state index contributed by atoms with van der Waals surface area (Å²) in [5.41, 5.74) is 2.90. The molecule has 0 saturated carbocycles. The van der Waals surface area contributed by atoms with Gasteiger partial charge in [0.2, 0.25) is 0 Å². The Balaban J connectivity index is 2.20. The standard InChI is InChI=1S/C13H17N3O2/c1-10-8-12(5-6-13(10)18-2)16-9-11(14-15-16)4-3-7-17/h5-6,8-9,17H,3-4,7H2,1-2H3. The van der Waals surface area contributed by atoms with E-state index in [2.05, 4.69) is 10.3 Å². The molecule has 0 aliphatic carbocycles. The summed E-state index contributed by atoms with van der Waals surface area (Å²) in [6.07, 6.45) is 3.34. The lowest BCUT2D eigenvalue weighted by Crippen LogP contribution is -1.96. The molecule has 1 aromatic carbocycles. The molecule has 2 aromatic rings. The molecule has 0 aliphatic rings. The third kappa shape index (κ3) is 2.68. The van der Waals surface area contributed by atoms with E-state index in [1.54, 1.807) is 11.8 Å². The maximum absolute atomic E-state index is 8.78. The number of ether oxygens (including phenoxy) is 1. The van der Waals surface area contributed by atoms with Crippen molar-refractivity contribution in [3.8, 4) is 11.4 Å². The predicted octanol–water partition coefficient (Wildman–Crippen LogP) is 1.51. The van der Waals surface area contributed by atoms with Gasteiger partial charge in [-0.25, -0.2) is 4.68 Å². The van der Waals surface area contributed by atoms with Crippen molar-refractivity contribution >= 4 is 0 Å². The van der Waals surface area contributed by atoms with Crippen LogP contribution in [0.4, 0.5) is 0 Å². The first-order valence-corrected chi connectivity index (χ1v) is 5.91. The fraction of sp³-hybridized carbons (Fsp3) is 0.385. The van der Waals surface area contributed by atoms with Gasteiger partial charge in [-0.2, -0.15) is 0 Å². The second-order valence-corrected chi connectivity index (χ2v) is 4.14. The lowest BCUT2D eigenvalue weighted by Gasteiger charge is -2.06. The van der Waals surface area contributed by atoms with Crippen molar-refractivity contribution in [3.05, 3.63) is 35.7 Å². The molecule has 1 aromatic heterocycles. The topological polar surface area (TPSA) is 60.2 Å². The predicted molar refractivity (Wildman–Crippen MR) is 68.1 cm³/mol. The molecular formula is C13H17N3O2. The molecule has 0 fully saturated rings. The van der Waals surface area contributed by atoms with Crippen LogP contribution in [0.5, 0.6) is 5.75 Å². The maximum Gasteiger partial charge on any atom is 0.121 e. The number of rotatable bonds is 5. The largest absolute Gasteiger partial charge is 0.496 e. The molecule has 1 heterocycles. The van der Waals surface area contributed by atoms with E-state index in [0.717, 1.165) is 29.1 Å². The monoisotopic (exact) mass is 247 g/mol. The zero-order valence-electron chi connectivity index (χ0n) is 10.6. The second-order valence-electron chi connectivity index (χ2n) is 4.14. The number of hydrogen-bond acceptors (Lipinski definition) is 4. The first kappa shape index (κ1) is 12.6. The molecule has 0 amide bonds. The molecule has 0 bridgehead atoms. The summed E-state index contributed by atoms with van der Waals surface area (Å²) in [6, 6.07) is 5.86. The average molecular weight is 247 g/mol. The van der Waals surface area contributed by atoms with Crippen LogP contribution in [0.1, 0.15) is 17.7 Å². The molecule has 0 spiro atoms. The summed E-state index contributed by atoms with van der Waals surface area (Å²) < 4.78 is 6.96. The van der Waals surface area contributed by atoms with Gasteiger partial charge < -0.3 is 9.84 Å². The summed E-state index contributed by atoms with van der Waals surface area (Å²) in [7, 11) is 1.66. The third-order valence-corrected chi connectivity index (χ3v) is 2.77. The van der Waals surface area contributed by atoms with Gasteiger partial charge in [-0.05, 0) is 43.5 Å². The van der Waals surface area contributed by atoms with Crippen LogP contribution in [0.15, 0.2) is 24.4 Å². The molecule has 5 nitrogen and oxygen atoms in total. The van der Waals surface area contributed by atoms with Gasteiger partial charge in [0.25, 0.3) is 0 Å². The molecule has 0 aliphatic heterocycles. The number of aryl methyl sites for hydroxylation is 2. The number of aliphatic hydroxyl groups excluding tert-OH is 1. The number of methoxy groups -OCH3 is 1. The molecule has 96 valence electrons. The van der Waals surface area contributed by atoms with Crippen molar-refractivity contribution in [2.75, 3.05) is 13.7 Å². The summed E-state index contributed by atoms with van der Waals surface area (Å²) in [5, 5.41) is 16.9. The van der Waals surface area contributed by atoms with Gasteiger partial charge in [-0.3, -0.25) is 0 Å². The minimum Gasteiger partial charge on any atom is -0.496 e. The molecule has 0 unspecified atom stereocenters. The number of hydrogen-bond donors (Lipinski definition) is 1. The fourth-order valence-corrected chi connectivity index (χ4v) is 1.80. The van der Waals surface area contributed by atoms with E-state index in [9.17, 15) is 0 Å². The van der Waals surface area contributed by atoms with Crippen LogP contribution in [-0.2, 0) is 6.42 Å². The van der Waals surface area contributed by atoms with Crippen molar-refractivity contribution in [3.63, 3.8) is 0 Å². The van der Waals surface area contributed by atoms with E-state index < -0.39 is 0 Å². The van der Waals surface area contributed by atoms with Gasteiger partial charge in [-0.1, -0.05) is 5.21 Å². The molecule has 18 heavy (non-hydrogen) atoms. The van der Waals surface area contributed by atoms with Gasteiger partial charge in [0.05, 0.1) is 24.7 Å². The highest BCUT2D eigenvalue weighted by atomic mass is 16.5. The van der Waals surface area contributed by atoms with Gasteiger partial charge in [-0.15, -0.1) is 5.10 Å². The minimum absolute atomic E-state index is 0.175. The number of aromatic nitrogens is 3. The highest BCUT2D eigenvalue weighted by Crippen LogP contribution is 2.20. The number of benzene rings is 1. The van der Waals surface area contributed by atoms with Gasteiger partial charge in [0.15, 0.2) is 0 Å². The van der Waals surface area contributed by atoms with Crippen molar-refractivity contribution in [1.82, 2.24) is 15.0 Å². The molecule has 0 radical (unpaired) electrons. The highest BCUT2D eigenvalue weighted by molar-refractivity contribution is 5.43. The Hall–Kier alpha value is -1.88. The quantitative estimate of drug-likeness (QED) is 0.870. The average Bonchev–Trinajstić information content (AvgIpc) is 2.85. The summed E-state index contributed by atoms with van der Waals surface area (Å²) in [5.74, 6) is 0.861. The Morgan fingerprint density at radius 3 is 2.89 bits per heavy atom. The Labute approximate surface area is 106 Å². The van der Waals surface area contributed by atoms with Crippen molar-refractivity contribution in [2.24, 2.45) is 0 Å². The zero-order valence-corrected chi connectivity index (χ0v) is 10.6. The van der Waals surface area contributed by atoms with Crippen LogP contribution in [0.3, 0.4) is 0 Å². The molecule has 5 heteroatoms. The lowest BCUT2D eigenvalue weighted by atomic mass is 10.2. The van der Waals surface area contributed by atoms with Crippen molar-refractivity contribution in [2.45, 2.75) is 19.8 Å². The van der Waals surface area contributed by atoms with Gasteiger partial charge in [0, 0.05) is 6.61 Å². The van der Waals surface area contributed by atoms with E-state index >= 15 is 0 Å². The van der Waals surface area contributed by atoms with Crippen LogP contribution in [0, 0.1) is 6.92 Å². The van der Waals surface area contributed by atoms with Crippen LogP contribution in [-0.4, -0.2) is 33.8 Å². The van der Waals surface area contributed by atoms with E-state index in [1.807, 2.05) is 31.3 Å². The first-order valence-electron chi connectivity index (χ1n) is 5.91. The molecule has 0 saturated heterocycles. The Morgan fingerprint density at radius 1 is 1.39 bits per heavy atom. The Morgan fingerprint density at radius 2 is 2.22 bits per heavy atom. The molecule has 1 N–H and O–H groups in total. The van der Waals surface area contributed by atoms with Crippen molar-refractivity contribution in [1.29, 1.82) is 0 Å². The smallest absolute Gasteiger partial charge is 0.121 e. The number of aliphatic hydroxyl groups is 1. The van der Waals surface area contributed by atoms with E-state index in [1.165, 1.54) is 0 Å². The van der Waals surface area contributed by atoms with E-state index in [4.69, 9.17) is 9.84 Å². The molecular weight excluding hydrogens is 230 g/mol. The molecule has 2 rings (SSSR count). The normalized spacial score (nSPS) is 10.6. The minimum atomic E-state index is 0.175. The van der Waals surface area contributed by atoms with Crippen LogP contribution in [0.25, 0.3) is 5.69 Å². The van der Waals surface area contributed by atoms with E-state index in [-0.39, 0.29) is 6.61 Å². The van der Waals surface area contributed by atoms with Crippen LogP contribution >= 0.6 is 0 Å². The summed E-state index contributed by atoms with van der Waals surface area (Å²) in [6.45, 7) is 2.17. The maximum atomic E-state index is 8.78. The highest BCUT2D eigenvalue weighted by Gasteiger charge is 2.05. The second kappa shape index (κ2) is 5.64. The Kier molecular flexibility index (Phi) is 3.94. The van der Waals surface area contributed by atoms with Crippen LogP contribution < -0.4 is 4.74 Å². The Bertz CT molecular complexity index is 523. The van der Waals surface area contributed by atoms with Crippen LogP contribution in [0.2, 0.25) is 0 Å². The SMILES string of the molecule is COc1ccc(-n2cc(CCCO)nn2)cc1C. The summed E-state index contributed by atoms with van der Waals surface area (Å²) >= 11 is 0. The van der Waals surface area contributed by atoms with E-state index in [0.29, 0.717) is 6.42 Å². The van der Waals surface area contributed by atoms with Gasteiger partial charge >= 0.3 is 0 Å².